The lowest BCUT2D eigenvalue weighted by Crippen LogP contribution is -2.27. The van der Waals surface area contributed by atoms with Crippen molar-refractivity contribution in [2.75, 3.05) is 18.5 Å². The van der Waals surface area contributed by atoms with Gasteiger partial charge in [-0.25, -0.2) is 4.39 Å². The molecule has 0 unspecified atom stereocenters. The summed E-state index contributed by atoms with van der Waals surface area (Å²) in [5.74, 6) is 4.40. The highest BCUT2D eigenvalue weighted by atomic mass is 19.1. The van der Waals surface area contributed by atoms with E-state index in [1.807, 2.05) is 20.8 Å². The molecule has 0 radical (unpaired) electrons. The molecule has 5 heteroatoms. The second-order valence-electron chi connectivity index (χ2n) is 5.15. The quantitative estimate of drug-likeness (QED) is 0.830. The van der Waals surface area contributed by atoms with E-state index in [-0.39, 0.29) is 18.8 Å². The van der Waals surface area contributed by atoms with Gasteiger partial charge in [-0.15, -0.1) is 0 Å². The summed E-state index contributed by atoms with van der Waals surface area (Å²) in [4.78, 5) is 11.6. The van der Waals surface area contributed by atoms with Crippen LogP contribution in [0.3, 0.4) is 0 Å². The molecule has 1 aromatic rings. The molecule has 1 aromatic carbocycles. The molecule has 20 heavy (non-hydrogen) atoms. The minimum absolute atomic E-state index is 0.103. The van der Waals surface area contributed by atoms with Crippen molar-refractivity contribution in [1.29, 1.82) is 0 Å². The Morgan fingerprint density at radius 3 is 2.70 bits per heavy atom. The lowest BCUT2D eigenvalue weighted by molar-refractivity contribution is -0.125. The molecule has 0 bridgehead atoms. The third-order valence-corrected chi connectivity index (χ3v) is 2.21. The summed E-state index contributed by atoms with van der Waals surface area (Å²) in [6, 6.07) is 4.33. The van der Waals surface area contributed by atoms with E-state index in [0.29, 0.717) is 5.56 Å². The predicted molar refractivity (Wildman–Crippen MR) is 76.7 cm³/mol. The number of nitrogens with two attached hydrogens (primary N) is 1. The zero-order valence-corrected chi connectivity index (χ0v) is 11.9. The number of hydrogen-bond donors (Lipinski definition) is 2. The summed E-state index contributed by atoms with van der Waals surface area (Å²) in [6.45, 7) is 5.60. The van der Waals surface area contributed by atoms with Crippen molar-refractivity contribution in [2.45, 2.75) is 26.4 Å². The van der Waals surface area contributed by atoms with Gasteiger partial charge in [0, 0.05) is 5.56 Å². The van der Waals surface area contributed by atoms with Crippen LogP contribution in [0.1, 0.15) is 26.3 Å². The average molecular weight is 278 g/mol. The van der Waals surface area contributed by atoms with Crippen LogP contribution in [-0.2, 0) is 9.53 Å². The molecule has 0 atom stereocenters. The molecule has 1 rings (SSSR count). The second kappa shape index (κ2) is 7.04. The van der Waals surface area contributed by atoms with Crippen LogP contribution in [-0.4, -0.2) is 24.7 Å². The molecule has 0 saturated heterocycles. The number of hydrogen-bond acceptors (Lipinski definition) is 3. The fraction of sp³-hybridized carbons (Fsp3) is 0.400. The van der Waals surface area contributed by atoms with E-state index < -0.39 is 17.3 Å². The van der Waals surface area contributed by atoms with Crippen molar-refractivity contribution in [3.8, 4) is 11.8 Å². The monoisotopic (exact) mass is 278 g/mol. The Kier molecular flexibility index (Phi) is 5.68. The van der Waals surface area contributed by atoms with Crippen LogP contribution in [0.25, 0.3) is 0 Å². The third-order valence-electron chi connectivity index (χ3n) is 2.21. The highest BCUT2D eigenvalue weighted by molar-refractivity contribution is 5.91. The Hall–Kier alpha value is -1.90. The SMILES string of the molecule is CC(C)(C)OCC(=O)Nc1ccc(C#CCN)cc1F. The number of carbonyl (C=O) groups excluding carboxylic acids is 1. The molecule has 0 fully saturated rings. The molecule has 0 aliphatic carbocycles. The van der Waals surface area contributed by atoms with Gasteiger partial charge in [0.15, 0.2) is 0 Å². The molecular weight excluding hydrogens is 259 g/mol. The number of rotatable bonds is 3. The Morgan fingerprint density at radius 1 is 1.45 bits per heavy atom. The van der Waals surface area contributed by atoms with Gasteiger partial charge in [0.25, 0.3) is 0 Å². The maximum absolute atomic E-state index is 13.8. The van der Waals surface area contributed by atoms with E-state index in [1.54, 1.807) is 6.07 Å². The van der Waals surface area contributed by atoms with Gasteiger partial charge in [-0.3, -0.25) is 4.79 Å². The topological polar surface area (TPSA) is 64.3 Å². The standard InChI is InChI=1S/C15H19FN2O2/c1-15(2,3)20-10-14(19)18-13-7-6-11(5-4-8-17)9-12(13)16/h6-7,9H,8,10,17H2,1-3H3,(H,18,19). The first-order valence-corrected chi connectivity index (χ1v) is 6.24. The minimum atomic E-state index is -0.544. The van der Waals surface area contributed by atoms with Crippen LogP contribution in [0.15, 0.2) is 18.2 Å². The molecule has 108 valence electrons. The number of carbonyl (C=O) groups is 1. The highest BCUT2D eigenvalue weighted by Gasteiger charge is 2.14. The summed E-state index contributed by atoms with van der Waals surface area (Å²) < 4.78 is 19.1. The predicted octanol–water partition coefficient (Wildman–Crippen LogP) is 1.89. The first-order chi connectivity index (χ1) is 9.31. The highest BCUT2D eigenvalue weighted by Crippen LogP contribution is 2.15. The first kappa shape index (κ1) is 16.2. The van der Waals surface area contributed by atoms with E-state index in [9.17, 15) is 9.18 Å². The maximum atomic E-state index is 13.8. The van der Waals surface area contributed by atoms with Crippen molar-refractivity contribution < 1.29 is 13.9 Å². The lowest BCUT2D eigenvalue weighted by atomic mass is 10.2. The average Bonchev–Trinajstić information content (AvgIpc) is 2.36. The maximum Gasteiger partial charge on any atom is 0.250 e. The van der Waals surface area contributed by atoms with Crippen LogP contribution in [0.2, 0.25) is 0 Å². The number of amides is 1. The number of nitrogens with one attached hydrogen (secondary N) is 1. The number of anilines is 1. The molecule has 0 spiro atoms. The normalized spacial score (nSPS) is 10.7. The van der Waals surface area contributed by atoms with Crippen LogP contribution < -0.4 is 11.1 Å². The molecule has 0 aliphatic heterocycles. The van der Waals surface area contributed by atoms with Crippen LogP contribution >= 0.6 is 0 Å². The fourth-order valence-electron chi connectivity index (χ4n) is 1.32. The first-order valence-electron chi connectivity index (χ1n) is 6.24. The van der Waals surface area contributed by atoms with Gasteiger partial charge in [-0.1, -0.05) is 11.8 Å². The summed E-state index contributed by atoms with van der Waals surface area (Å²) in [5.41, 5.74) is 5.43. The van der Waals surface area contributed by atoms with Gasteiger partial charge in [0.1, 0.15) is 12.4 Å². The van der Waals surface area contributed by atoms with Crippen molar-refractivity contribution in [3.05, 3.63) is 29.6 Å². The fourth-order valence-corrected chi connectivity index (χ4v) is 1.32. The molecule has 0 saturated carbocycles. The third kappa shape index (κ3) is 5.83. The van der Waals surface area contributed by atoms with Gasteiger partial charge in [0.05, 0.1) is 17.8 Å². The van der Waals surface area contributed by atoms with E-state index in [4.69, 9.17) is 10.5 Å². The van der Waals surface area contributed by atoms with Crippen LogP contribution in [0, 0.1) is 17.7 Å². The molecule has 3 N–H and O–H groups in total. The molecule has 0 heterocycles. The lowest BCUT2D eigenvalue weighted by Gasteiger charge is -2.19. The van der Waals surface area contributed by atoms with Crippen molar-refractivity contribution in [1.82, 2.24) is 0 Å². The summed E-state index contributed by atoms with van der Waals surface area (Å²) in [6.07, 6.45) is 0. The smallest absolute Gasteiger partial charge is 0.250 e. The van der Waals surface area contributed by atoms with Gasteiger partial charge < -0.3 is 15.8 Å². The van der Waals surface area contributed by atoms with Crippen molar-refractivity contribution in [2.24, 2.45) is 5.73 Å². The van der Waals surface area contributed by atoms with E-state index in [1.165, 1.54) is 12.1 Å². The molecule has 1 amide bonds. The Morgan fingerprint density at radius 2 is 2.15 bits per heavy atom. The zero-order valence-electron chi connectivity index (χ0n) is 11.9. The molecule has 0 aliphatic rings. The largest absolute Gasteiger partial charge is 0.366 e. The van der Waals surface area contributed by atoms with Gasteiger partial charge in [-0.05, 0) is 39.0 Å². The summed E-state index contributed by atoms with van der Waals surface area (Å²) in [5, 5.41) is 2.45. The Labute approximate surface area is 118 Å². The Bertz CT molecular complexity index is 539. The summed E-state index contributed by atoms with van der Waals surface area (Å²) >= 11 is 0. The molecular formula is C15H19FN2O2. The van der Waals surface area contributed by atoms with E-state index in [0.717, 1.165) is 0 Å². The number of halogens is 1. The minimum Gasteiger partial charge on any atom is -0.366 e. The van der Waals surface area contributed by atoms with Crippen molar-refractivity contribution in [3.63, 3.8) is 0 Å². The van der Waals surface area contributed by atoms with E-state index in [2.05, 4.69) is 17.2 Å². The zero-order chi connectivity index (χ0) is 15.2. The van der Waals surface area contributed by atoms with Crippen LogP contribution in [0.4, 0.5) is 10.1 Å². The van der Waals surface area contributed by atoms with E-state index >= 15 is 0 Å². The summed E-state index contributed by atoms with van der Waals surface area (Å²) in [7, 11) is 0. The second-order valence-corrected chi connectivity index (χ2v) is 5.15. The number of benzene rings is 1. The molecule has 0 aromatic heterocycles. The van der Waals surface area contributed by atoms with Crippen molar-refractivity contribution >= 4 is 11.6 Å². The van der Waals surface area contributed by atoms with Crippen LogP contribution in [0.5, 0.6) is 0 Å². The number of ether oxygens (including phenoxy) is 1. The van der Waals surface area contributed by atoms with Gasteiger partial charge >= 0.3 is 0 Å². The van der Waals surface area contributed by atoms with Gasteiger partial charge in [-0.2, -0.15) is 0 Å². The Balaban J connectivity index is 2.67. The molecule has 4 nitrogen and oxygen atoms in total. The van der Waals surface area contributed by atoms with Gasteiger partial charge in [0.2, 0.25) is 5.91 Å².